The lowest BCUT2D eigenvalue weighted by Crippen LogP contribution is -2.43. The van der Waals surface area contributed by atoms with Crippen LogP contribution in [0.3, 0.4) is 0 Å². The van der Waals surface area contributed by atoms with Crippen LogP contribution in [0.15, 0.2) is 84.9 Å². The fourth-order valence-corrected chi connectivity index (χ4v) is 4.71. The number of hydrogen-bond donors (Lipinski definition) is 1. The van der Waals surface area contributed by atoms with Gasteiger partial charge in [0, 0.05) is 0 Å². The van der Waals surface area contributed by atoms with Crippen LogP contribution in [0.2, 0.25) is 0 Å². The molecule has 3 aromatic rings. The summed E-state index contributed by atoms with van der Waals surface area (Å²) in [5, 5.41) is 2.86. The Kier molecular flexibility index (Phi) is 7.00. The number of amides is 1. The smallest absolute Gasteiger partial charge is 0.408 e. The molecule has 32 heavy (non-hydrogen) atoms. The second-order valence-electron chi connectivity index (χ2n) is 8.30. The molecule has 0 aromatic heterocycles. The van der Waals surface area contributed by atoms with Crippen LogP contribution in [-0.4, -0.2) is 17.9 Å². The van der Waals surface area contributed by atoms with E-state index in [1.165, 1.54) is 5.56 Å². The SMILES string of the molecule is CCC(c1ccccc1)C1C(=O)C(NC(=O)OCc2ccccc2)CCc2ccccc21. The third-order valence-electron chi connectivity index (χ3n) is 6.32. The average molecular weight is 428 g/mol. The molecule has 0 saturated heterocycles. The van der Waals surface area contributed by atoms with Crippen molar-refractivity contribution in [1.29, 1.82) is 0 Å². The normalized spacial score (nSPS) is 18.8. The minimum absolute atomic E-state index is 0.0487. The second kappa shape index (κ2) is 10.3. The number of rotatable bonds is 6. The standard InChI is InChI=1S/C28H29NO3/c1-2-23(21-13-7-4-8-14-21)26-24-16-10-9-15-22(24)17-18-25(27(26)30)29-28(31)32-19-20-11-5-3-6-12-20/h3-16,23,25-26H,2,17-19H2,1H3,(H,29,31). The highest BCUT2D eigenvalue weighted by atomic mass is 16.5. The quantitative estimate of drug-likeness (QED) is 0.508. The van der Waals surface area contributed by atoms with Gasteiger partial charge in [0.1, 0.15) is 6.61 Å². The minimum Gasteiger partial charge on any atom is -0.445 e. The van der Waals surface area contributed by atoms with E-state index in [-0.39, 0.29) is 24.2 Å². The fourth-order valence-electron chi connectivity index (χ4n) is 4.71. The number of carbonyl (C=O) groups excluding carboxylic acids is 2. The Labute approximate surface area is 189 Å². The van der Waals surface area contributed by atoms with Crippen molar-refractivity contribution in [1.82, 2.24) is 5.32 Å². The van der Waals surface area contributed by atoms with Crippen molar-refractivity contribution in [2.24, 2.45) is 0 Å². The Hall–Kier alpha value is -3.40. The number of nitrogens with one attached hydrogen (secondary N) is 1. The van der Waals surface area contributed by atoms with Gasteiger partial charge in [-0.1, -0.05) is 91.9 Å². The molecule has 0 radical (unpaired) electrons. The molecule has 4 heteroatoms. The Bertz CT molecular complexity index is 1050. The first-order valence-corrected chi connectivity index (χ1v) is 11.3. The molecule has 1 N–H and O–H groups in total. The molecule has 1 amide bonds. The van der Waals surface area contributed by atoms with E-state index in [9.17, 15) is 9.59 Å². The lowest BCUT2D eigenvalue weighted by molar-refractivity contribution is -0.123. The van der Waals surface area contributed by atoms with Crippen molar-refractivity contribution >= 4 is 11.9 Å². The van der Waals surface area contributed by atoms with Crippen molar-refractivity contribution in [3.63, 3.8) is 0 Å². The van der Waals surface area contributed by atoms with Crippen LogP contribution < -0.4 is 5.32 Å². The van der Waals surface area contributed by atoms with Crippen molar-refractivity contribution in [3.05, 3.63) is 107 Å². The Morgan fingerprint density at radius 1 is 0.969 bits per heavy atom. The number of fused-ring (bicyclic) bond motifs is 1. The maximum atomic E-state index is 13.8. The van der Waals surface area contributed by atoms with Crippen LogP contribution in [0, 0.1) is 0 Å². The Morgan fingerprint density at radius 3 is 2.34 bits per heavy atom. The van der Waals surface area contributed by atoms with E-state index < -0.39 is 12.1 Å². The predicted octanol–water partition coefficient (Wildman–Crippen LogP) is 5.77. The molecule has 0 heterocycles. The number of carbonyl (C=O) groups is 2. The molecule has 0 bridgehead atoms. The van der Waals surface area contributed by atoms with E-state index >= 15 is 0 Å². The van der Waals surface area contributed by atoms with Crippen LogP contribution >= 0.6 is 0 Å². The van der Waals surface area contributed by atoms with Gasteiger partial charge in [0.2, 0.25) is 0 Å². The molecule has 4 rings (SSSR count). The maximum absolute atomic E-state index is 13.8. The molecule has 0 aliphatic heterocycles. The summed E-state index contributed by atoms with van der Waals surface area (Å²) < 4.78 is 5.40. The lowest BCUT2D eigenvalue weighted by atomic mass is 9.75. The van der Waals surface area contributed by atoms with E-state index in [0.29, 0.717) is 6.42 Å². The van der Waals surface area contributed by atoms with Gasteiger partial charge in [0.15, 0.2) is 5.78 Å². The van der Waals surface area contributed by atoms with E-state index in [0.717, 1.165) is 29.5 Å². The van der Waals surface area contributed by atoms with Crippen molar-refractivity contribution in [2.75, 3.05) is 0 Å². The first-order valence-electron chi connectivity index (χ1n) is 11.3. The number of aryl methyl sites for hydroxylation is 1. The van der Waals surface area contributed by atoms with Gasteiger partial charge in [-0.3, -0.25) is 4.79 Å². The van der Waals surface area contributed by atoms with E-state index in [4.69, 9.17) is 4.74 Å². The average Bonchev–Trinajstić information content (AvgIpc) is 2.97. The summed E-state index contributed by atoms with van der Waals surface area (Å²) in [5.41, 5.74) is 4.32. The zero-order chi connectivity index (χ0) is 22.3. The number of Topliss-reactive ketones (excluding diaryl/α,β-unsaturated/α-hetero) is 1. The molecular formula is C28H29NO3. The van der Waals surface area contributed by atoms with Crippen LogP contribution in [0.5, 0.6) is 0 Å². The highest BCUT2D eigenvalue weighted by molar-refractivity contribution is 5.94. The van der Waals surface area contributed by atoms with Gasteiger partial charge in [-0.15, -0.1) is 0 Å². The third kappa shape index (κ3) is 4.91. The summed E-state index contributed by atoms with van der Waals surface area (Å²) in [6.07, 6.45) is 1.59. The molecule has 164 valence electrons. The molecule has 0 fully saturated rings. The van der Waals surface area contributed by atoms with Crippen LogP contribution in [0.1, 0.15) is 53.9 Å². The van der Waals surface area contributed by atoms with Gasteiger partial charge >= 0.3 is 6.09 Å². The van der Waals surface area contributed by atoms with E-state index in [1.807, 2.05) is 60.7 Å². The second-order valence-corrected chi connectivity index (χ2v) is 8.30. The number of ketones is 1. The molecule has 1 aliphatic carbocycles. The first kappa shape index (κ1) is 21.8. The zero-order valence-electron chi connectivity index (χ0n) is 18.4. The summed E-state index contributed by atoms with van der Waals surface area (Å²) in [4.78, 5) is 26.4. The molecular weight excluding hydrogens is 398 g/mol. The molecule has 3 atom stereocenters. The Balaban J connectivity index is 1.57. The van der Waals surface area contributed by atoms with Gasteiger partial charge in [-0.25, -0.2) is 4.79 Å². The minimum atomic E-state index is -0.576. The number of benzene rings is 3. The van der Waals surface area contributed by atoms with Crippen molar-refractivity contribution in [3.8, 4) is 0 Å². The van der Waals surface area contributed by atoms with Crippen molar-refractivity contribution in [2.45, 2.75) is 50.7 Å². The molecule has 1 aliphatic rings. The lowest BCUT2D eigenvalue weighted by Gasteiger charge is -2.28. The molecule has 4 nitrogen and oxygen atoms in total. The van der Waals surface area contributed by atoms with Gasteiger partial charge in [-0.05, 0) is 47.4 Å². The predicted molar refractivity (Wildman–Crippen MR) is 126 cm³/mol. The summed E-state index contributed by atoms with van der Waals surface area (Å²) >= 11 is 0. The first-order chi connectivity index (χ1) is 15.7. The monoisotopic (exact) mass is 427 g/mol. The highest BCUT2D eigenvalue weighted by Crippen LogP contribution is 2.40. The van der Waals surface area contributed by atoms with Crippen LogP contribution in [-0.2, 0) is 22.6 Å². The topological polar surface area (TPSA) is 55.4 Å². The zero-order valence-corrected chi connectivity index (χ0v) is 18.4. The van der Waals surface area contributed by atoms with Gasteiger partial charge in [0.05, 0.1) is 12.0 Å². The molecule has 3 aromatic carbocycles. The molecule has 0 spiro atoms. The number of alkyl carbamates (subject to hydrolysis) is 1. The maximum Gasteiger partial charge on any atom is 0.408 e. The highest BCUT2D eigenvalue weighted by Gasteiger charge is 2.38. The van der Waals surface area contributed by atoms with Gasteiger partial charge < -0.3 is 10.1 Å². The van der Waals surface area contributed by atoms with Crippen LogP contribution in [0.25, 0.3) is 0 Å². The number of hydrogen-bond acceptors (Lipinski definition) is 3. The Morgan fingerprint density at radius 2 is 1.62 bits per heavy atom. The largest absolute Gasteiger partial charge is 0.445 e. The van der Waals surface area contributed by atoms with E-state index in [2.05, 4.69) is 36.5 Å². The molecule has 3 unspecified atom stereocenters. The summed E-state index contributed by atoms with van der Waals surface area (Å²) in [6.45, 7) is 2.30. The molecule has 0 saturated carbocycles. The summed E-state index contributed by atoms with van der Waals surface area (Å²) in [5.74, 6) is -0.199. The van der Waals surface area contributed by atoms with Crippen molar-refractivity contribution < 1.29 is 14.3 Å². The number of ether oxygens (including phenoxy) is 1. The fraction of sp³-hybridized carbons (Fsp3) is 0.286. The summed E-state index contributed by atoms with van der Waals surface area (Å²) in [6, 6.07) is 27.4. The van der Waals surface area contributed by atoms with Gasteiger partial charge in [-0.2, -0.15) is 0 Å². The van der Waals surface area contributed by atoms with E-state index in [1.54, 1.807) is 0 Å². The van der Waals surface area contributed by atoms with Crippen LogP contribution in [0.4, 0.5) is 4.79 Å². The summed E-state index contributed by atoms with van der Waals surface area (Å²) in [7, 11) is 0. The van der Waals surface area contributed by atoms with Gasteiger partial charge in [0.25, 0.3) is 0 Å². The third-order valence-corrected chi connectivity index (χ3v) is 6.32.